The Bertz CT molecular complexity index is 436. The molecular formula is C14H21N3OS. The van der Waals surface area contributed by atoms with Crippen molar-refractivity contribution in [2.45, 2.75) is 43.3 Å². The molecule has 1 saturated heterocycles. The van der Waals surface area contributed by atoms with Crippen LogP contribution in [0.1, 0.15) is 37.4 Å². The molecule has 0 radical (unpaired) electrons. The van der Waals surface area contributed by atoms with Crippen LogP contribution in [0, 0.1) is 5.92 Å². The molecule has 0 amide bonds. The molecule has 1 aromatic heterocycles. The summed E-state index contributed by atoms with van der Waals surface area (Å²) in [5.74, 6) is 3.69. The van der Waals surface area contributed by atoms with Gasteiger partial charge in [0.05, 0.1) is 0 Å². The smallest absolute Gasteiger partial charge is 0.191 e. The highest BCUT2D eigenvalue weighted by atomic mass is 32.2. The van der Waals surface area contributed by atoms with Gasteiger partial charge in [-0.25, -0.2) is 0 Å². The third-order valence-corrected chi connectivity index (χ3v) is 4.99. The van der Waals surface area contributed by atoms with Gasteiger partial charge in [0.2, 0.25) is 0 Å². The lowest BCUT2D eigenvalue weighted by atomic mass is 10.0. The minimum absolute atomic E-state index is 0.643. The van der Waals surface area contributed by atoms with Gasteiger partial charge in [-0.2, -0.15) is 0 Å². The van der Waals surface area contributed by atoms with E-state index in [1.807, 2.05) is 17.8 Å². The van der Waals surface area contributed by atoms with E-state index in [1.54, 1.807) is 0 Å². The maximum absolute atomic E-state index is 5.40. The van der Waals surface area contributed by atoms with Crippen molar-refractivity contribution >= 4 is 11.8 Å². The van der Waals surface area contributed by atoms with E-state index in [2.05, 4.69) is 21.3 Å². The molecule has 1 aliphatic carbocycles. The summed E-state index contributed by atoms with van der Waals surface area (Å²) in [6, 6.07) is 0. The number of hydrogen-bond donors (Lipinski definition) is 0. The molecule has 0 bridgehead atoms. The van der Waals surface area contributed by atoms with Gasteiger partial charge in [-0.05, 0) is 31.6 Å². The highest BCUT2D eigenvalue weighted by Gasteiger charge is 2.30. The predicted octanol–water partition coefficient (Wildman–Crippen LogP) is 2.86. The zero-order chi connectivity index (χ0) is 13.1. The van der Waals surface area contributed by atoms with Gasteiger partial charge in [0.25, 0.3) is 0 Å². The van der Waals surface area contributed by atoms with Crippen molar-refractivity contribution in [3.63, 3.8) is 0 Å². The number of ether oxygens (including phenoxy) is 1. The maximum Gasteiger partial charge on any atom is 0.191 e. The van der Waals surface area contributed by atoms with E-state index in [4.69, 9.17) is 4.74 Å². The molecule has 0 aromatic carbocycles. The van der Waals surface area contributed by atoms with Gasteiger partial charge in [0.1, 0.15) is 5.82 Å². The first-order valence-corrected chi connectivity index (χ1v) is 8.11. The molecule has 4 nitrogen and oxygen atoms in total. The summed E-state index contributed by atoms with van der Waals surface area (Å²) in [5.41, 5.74) is 0. The minimum Gasteiger partial charge on any atom is -0.381 e. The predicted molar refractivity (Wildman–Crippen MR) is 76.5 cm³/mol. The molecule has 2 heterocycles. The van der Waals surface area contributed by atoms with Crippen LogP contribution in [0.25, 0.3) is 0 Å². The molecule has 0 N–H and O–H groups in total. The molecule has 2 aliphatic rings. The molecular weight excluding hydrogens is 258 g/mol. The van der Waals surface area contributed by atoms with Crippen molar-refractivity contribution in [1.82, 2.24) is 14.8 Å². The zero-order valence-electron chi connectivity index (χ0n) is 11.3. The third kappa shape index (κ3) is 3.20. The van der Waals surface area contributed by atoms with Gasteiger partial charge in [-0.3, -0.25) is 0 Å². The fourth-order valence-electron chi connectivity index (χ4n) is 2.46. The number of hydrogen-bond acceptors (Lipinski definition) is 4. The Morgan fingerprint density at radius 2 is 2.05 bits per heavy atom. The van der Waals surface area contributed by atoms with Crippen LogP contribution in [0.2, 0.25) is 0 Å². The Balaban J connectivity index is 1.64. The summed E-state index contributed by atoms with van der Waals surface area (Å²) >= 11 is 1.85. The number of allylic oxidation sites excluding steroid dienone is 1. The summed E-state index contributed by atoms with van der Waals surface area (Å²) in [6.07, 6.45) is 6.82. The summed E-state index contributed by atoms with van der Waals surface area (Å²) in [4.78, 5) is 0. The quantitative estimate of drug-likeness (QED) is 0.593. The van der Waals surface area contributed by atoms with Crippen molar-refractivity contribution in [3.8, 4) is 0 Å². The second-order valence-corrected chi connectivity index (χ2v) is 6.37. The normalized spacial score (nSPS) is 20.6. The Labute approximate surface area is 118 Å². The lowest BCUT2D eigenvalue weighted by molar-refractivity contribution is 0.0727. The molecule has 0 atom stereocenters. The van der Waals surface area contributed by atoms with Gasteiger partial charge in [-0.1, -0.05) is 17.8 Å². The van der Waals surface area contributed by atoms with Gasteiger partial charge < -0.3 is 9.30 Å². The van der Waals surface area contributed by atoms with Crippen molar-refractivity contribution in [1.29, 1.82) is 0 Å². The van der Waals surface area contributed by atoms with Crippen molar-refractivity contribution in [3.05, 3.63) is 18.5 Å². The van der Waals surface area contributed by atoms with Crippen LogP contribution in [0.4, 0.5) is 0 Å². The van der Waals surface area contributed by atoms with E-state index in [0.717, 1.165) is 42.4 Å². The van der Waals surface area contributed by atoms with Crippen LogP contribution in [-0.2, 0) is 11.3 Å². The molecule has 0 spiro atoms. The van der Waals surface area contributed by atoms with E-state index in [9.17, 15) is 0 Å². The average molecular weight is 279 g/mol. The highest BCUT2D eigenvalue weighted by molar-refractivity contribution is 7.99. The Hall–Kier alpha value is -0.810. The average Bonchev–Trinajstić information content (AvgIpc) is 3.21. The fourth-order valence-corrected chi connectivity index (χ4v) is 3.60. The Kier molecular flexibility index (Phi) is 4.23. The SMILES string of the molecule is C=CCn1c(SCC2CCOCC2)nnc1C1CC1. The molecule has 19 heavy (non-hydrogen) atoms. The van der Waals surface area contributed by atoms with E-state index < -0.39 is 0 Å². The van der Waals surface area contributed by atoms with Crippen LogP contribution in [0.5, 0.6) is 0 Å². The van der Waals surface area contributed by atoms with Crippen LogP contribution in [0.3, 0.4) is 0 Å². The number of rotatable bonds is 6. The van der Waals surface area contributed by atoms with Crippen LogP contribution < -0.4 is 0 Å². The lowest BCUT2D eigenvalue weighted by Crippen LogP contribution is -2.17. The number of nitrogens with zero attached hydrogens (tertiary/aromatic N) is 3. The Morgan fingerprint density at radius 3 is 2.74 bits per heavy atom. The number of thioether (sulfide) groups is 1. The topological polar surface area (TPSA) is 39.9 Å². The van der Waals surface area contributed by atoms with Gasteiger partial charge in [0, 0.05) is 31.4 Å². The van der Waals surface area contributed by atoms with E-state index in [0.29, 0.717) is 5.92 Å². The van der Waals surface area contributed by atoms with Crippen molar-refractivity contribution in [2.75, 3.05) is 19.0 Å². The Morgan fingerprint density at radius 1 is 1.26 bits per heavy atom. The fraction of sp³-hybridized carbons (Fsp3) is 0.714. The van der Waals surface area contributed by atoms with Gasteiger partial charge in [-0.15, -0.1) is 16.8 Å². The van der Waals surface area contributed by atoms with E-state index in [-0.39, 0.29) is 0 Å². The molecule has 1 aliphatic heterocycles. The van der Waals surface area contributed by atoms with Gasteiger partial charge in [0.15, 0.2) is 5.16 Å². The summed E-state index contributed by atoms with van der Waals surface area (Å²) in [7, 11) is 0. The second-order valence-electron chi connectivity index (χ2n) is 5.38. The number of aromatic nitrogens is 3. The molecule has 3 rings (SSSR count). The summed E-state index contributed by atoms with van der Waals surface area (Å²) < 4.78 is 7.65. The van der Waals surface area contributed by atoms with E-state index >= 15 is 0 Å². The molecule has 1 saturated carbocycles. The van der Waals surface area contributed by atoms with E-state index in [1.165, 1.54) is 25.7 Å². The molecule has 104 valence electrons. The molecule has 0 unspecified atom stereocenters. The monoisotopic (exact) mass is 279 g/mol. The van der Waals surface area contributed by atoms with Gasteiger partial charge >= 0.3 is 0 Å². The first-order valence-electron chi connectivity index (χ1n) is 7.13. The van der Waals surface area contributed by atoms with Crippen LogP contribution in [0.15, 0.2) is 17.8 Å². The van der Waals surface area contributed by atoms with Crippen LogP contribution in [-0.4, -0.2) is 33.7 Å². The van der Waals surface area contributed by atoms with Crippen molar-refractivity contribution in [2.24, 2.45) is 5.92 Å². The first kappa shape index (κ1) is 13.2. The molecule has 5 heteroatoms. The first-order chi connectivity index (χ1) is 9.38. The van der Waals surface area contributed by atoms with Crippen LogP contribution >= 0.6 is 11.8 Å². The maximum atomic E-state index is 5.40. The minimum atomic E-state index is 0.643. The standard InChI is InChI=1S/C14H21N3OS/c1-2-7-17-13(12-3-4-12)15-16-14(17)19-10-11-5-8-18-9-6-11/h2,11-12H,1,3-10H2. The zero-order valence-corrected chi connectivity index (χ0v) is 12.1. The van der Waals surface area contributed by atoms with Crippen molar-refractivity contribution < 1.29 is 4.74 Å². The molecule has 2 fully saturated rings. The third-order valence-electron chi connectivity index (χ3n) is 3.79. The second kappa shape index (κ2) is 6.09. The lowest BCUT2D eigenvalue weighted by Gasteiger charge is -2.21. The molecule has 1 aromatic rings. The summed E-state index contributed by atoms with van der Waals surface area (Å²) in [5, 5.41) is 9.82. The summed E-state index contributed by atoms with van der Waals surface area (Å²) in [6.45, 7) is 6.50. The highest BCUT2D eigenvalue weighted by Crippen LogP contribution is 2.40. The largest absolute Gasteiger partial charge is 0.381 e.